The number of rotatable bonds is 3. The number of Topliss-reactive ketones (excluding diaryl/α,β-unsaturated/α-hetero) is 1. The van der Waals surface area contributed by atoms with Crippen LogP contribution in [0.25, 0.3) is 0 Å². The third-order valence-electron chi connectivity index (χ3n) is 3.65. The number of hydrogen-bond donors (Lipinski definition) is 0. The summed E-state index contributed by atoms with van der Waals surface area (Å²) in [4.78, 5) is 25.2. The van der Waals surface area contributed by atoms with Crippen LogP contribution in [0.2, 0.25) is 0 Å². The smallest absolute Gasteiger partial charge is 0.231 e. The second-order valence-corrected chi connectivity index (χ2v) is 5.04. The maximum absolute atomic E-state index is 12.0. The van der Waals surface area contributed by atoms with E-state index in [1.54, 1.807) is 11.9 Å². The van der Waals surface area contributed by atoms with Crippen molar-refractivity contribution in [2.45, 2.75) is 25.7 Å². The lowest BCUT2D eigenvalue weighted by Crippen LogP contribution is -2.20. The fraction of sp³-hybridized carbons (Fsp3) is 0.429. The van der Waals surface area contributed by atoms with Crippen molar-refractivity contribution in [1.29, 1.82) is 0 Å². The first-order valence-corrected chi connectivity index (χ1v) is 6.08. The Hall–Kier alpha value is -1.64. The average Bonchev–Trinajstić information content (AvgIpc) is 3.07. The number of carbonyl (C=O) groups excluding carboxylic acids is 2. The number of fused-ring (bicyclic) bond motifs is 1. The van der Waals surface area contributed by atoms with Gasteiger partial charge in [-0.05, 0) is 42.5 Å². The lowest BCUT2D eigenvalue weighted by Gasteiger charge is -2.10. The van der Waals surface area contributed by atoms with E-state index in [2.05, 4.69) is 0 Å². The van der Waals surface area contributed by atoms with Crippen LogP contribution in [-0.4, -0.2) is 18.7 Å². The summed E-state index contributed by atoms with van der Waals surface area (Å²) in [5, 5.41) is 0. The molecule has 1 aliphatic carbocycles. The molecule has 1 fully saturated rings. The number of nitrogens with zero attached hydrogens (tertiary/aromatic N) is 1. The minimum Gasteiger partial charge on any atom is -0.315 e. The molecule has 0 N–H and O–H groups in total. The van der Waals surface area contributed by atoms with E-state index in [-0.39, 0.29) is 11.7 Å². The monoisotopic (exact) mass is 229 g/mol. The van der Waals surface area contributed by atoms with Gasteiger partial charge >= 0.3 is 0 Å². The molecule has 17 heavy (non-hydrogen) atoms. The highest BCUT2D eigenvalue weighted by atomic mass is 16.2. The van der Waals surface area contributed by atoms with Gasteiger partial charge in [-0.3, -0.25) is 9.59 Å². The van der Waals surface area contributed by atoms with Crippen molar-refractivity contribution in [2.75, 3.05) is 11.9 Å². The van der Waals surface area contributed by atoms with Crippen LogP contribution < -0.4 is 4.90 Å². The first-order valence-electron chi connectivity index (χ1n) is 6.08. The molecule has 1 aliphatic heterocycles. The molecule has 0 atom stereocenters. The highest BCUT2D eigenvalue weighted by Gasteiger charge is 2.27. The summed E-state index contributed by atoms with van der Waals surface area (Å²) in [7, 11) is 1.78. The van der Waals surface area contributed by atoms with Crippen molar-refractivity contribution in [3.63, 3.8) is 0 Å². The summed E-state index contributed by atoms with van der Waals surface area (Å²) in [6, 6.07) is 5.63. The predicted octanol–water partition coefficient (Wildman–Crippen LogP) is 2.19. The number of anilines is 1. The second kappa shape index (κ2) is 3.69. The van der Waals surface area contributed by atoms with E-state index < -0.39 is 0 Å². The predicted molar refractivity (Wildman–Crippen MR) is 65.2 cm³/mol. The van der Waals surface area contributed by atoms with E-state index in [1.165, 1.54) is 12.8 Å². The van der Waals surface area contributed by atoms with Crippen molar-refractivity contribution in [3.8, 4) is 0 Å². The van der Waals surface area contributed by atoms with Crippen LogP contribution in [0.4, 0.5) is 5.69 Å². The molecule has 1 aromatic carbocycles. The normalized spacial score (nSPS) is 18.4. The molecule has 1 saturated carbocycles. The summed E-state index contributed by atoms with van der Waals surface area (Å²) in [5.41, 5.74) is 2.69. The summed E-state index contributed by atoms with van der Waals surface area (Å²) in [5.74, 6) is 0.934. The summed E-state index contributed by atoms with van der Waals surface area (Å²) in [6.07, 6.45) is 3.48. The van der Waals surface area contributed by atoms with Gasteiger partial charge in [-0.2, -0.15) is 0 Å². The minimum atomic E-state index is 0.104. The van der Waals surface area contributed by atoms with Gasteiger partial charge in [0.05, 0.1) is 6.42 Å². The fourth-order valence-corrected chi connectivity index (χ4v) is 2.35. The van der Waals surface area contributed by atoms with E-state index in [1.807, 2.05) is 18.2 Å². The molecule has 0 radical (unpaired) electrons. The van der Waals surface area contributed by atoms with Crippen molar-refractivity contribution in [3.05, 3.63) is 29.3 Å². The van der Waals surface area contributed by atoms with Crippen LogP contribution >= 0.6 is 0 Å². The Balaban J connectivity index is 1.86. The van der Waals surface area contributed by atoms with E-state index in [0.29, 0.717) is 18.8 Å². The van der Waals surface area contributed by atoms with Gasteiger partial charge < -0.3 is 4.90 Å². The van der Waals surface area contributed by atoms with E-state index in [0.717, 1.165) is 16.8 Å². The van der Waals surface area contributed by atoms with E-state index in [4.69, 9.17) is 0 Å². The number of amides is 1. The number of hydrogen-bond acceptors (Lipinski definition) is 2. The van der Waals surface area contributed by atoms with E-state index >= 15 is 0 Å². The van der Waals surface area contributed by atoms with Crippen molar-refractivity contribution in [2.24, 2.45) is 5.92 Å². The van der Waals surface area contributed by atoms with Gasteiger partial charge in [0.2, 0.25) is 5.91 Å². The Kier molecular flexibility index (Phi) is 2.28. The molecule has 0 bridgehead atoms. The van der Waals surface area contributed by atoms with Gasteiger partial charge in [0, 0.05) is 24.7 Å². The first-order chi connectivity index (χ1) is 8.15. The van der Waals surface area contributed by atoms with E-state index in [9.17, 15) is 9.59 Å². The molecule has 0 spiro atoms. The maximum Gasteiger partial charge on any atom is 0.231 e. The summed E-state index contributed by atoms with van der Waals surface area (Å²) < 4.78 is 0. The Labute approximate surface area is 100 Å². The Morgan fingerprint density at radius 1 is 1.41 bits per heavy atom. The van der Waals surface area contributed by atoms with Crippen molar-refractivity contribution >= 4 is 17.4 Å². The molecule has 1 amide bonds. The zero-order chi connectivity index (χ0) is 12.0. The lowest BCUT2D eigenvalue weighted by atomic mass is 10.0. The maximum atomic E-state index is 12.0. The third-order valence-corrected chi connectivity index (χ3v) is 3.65. The quantitative estimate of drug-likeness (QED) is 0.745. The van der Waals surface area contributed by atoms with Crippen LogP contribution in [0.5, 0.6) is 0 Å². The van der Waals surface area contributed by atoms with Crippen LogP contribution in [0.3, 0.4) is 0 Å². The van der Waals surface area contributed by atoms with Crippen LogP contribution in [-0.2, 0) is 11.2 Å². The molecular weight excluding hydrogens is 214 g/mol. The molecule has 0 unspecified atom stereocenters. The molecule has 88 valence electrons. The number of ketones is 1. The second-order valence-electron chi connectivity index (χ2n) is 5.04. The van der Waals surface area contributed by atoms with Crippen molar-refractivity contribution in [1.82, 2.24) is 0 Å². The Bertz CT molecular complexity index is 503. The standard InChI is InChI=1S/C14H15NO2/c1-15-12-5-4-10(7-11(12)8-14(15)17)13(16)6-9-2-3-9/h4-5,7,9H,2-3,6,8H2,1H3. The zero-order valence-electron chi connectivity index (χ0n) is 9.90. The Morgan fingerprint density at radius 2 is 2.18 bits per heavy atom. The molecule has 0 saturated heterocycles. The fourth-order valence-electron chi connectivity index (χ4n) is 2.35. The Morgan fingerprint density at radius 3 is 2.88 bits per heavy atom. The van der Waals surface area contributed by atoms with Crippen molar-refractivity contribution < 1.29 is 9.59 Å². The number of carbonyl (C=O) groups is 2. The van der Waals surface area contributed by atoms with Gasteiger partial charge in [-0.1, -0.05) is 0 Å². The highest BCUT2D eigenvalue weighted by molar-refractivity contribution is 6.03. The minimum absolute atomic E-state index is 0.104. The average molecular weight is 229 g/mol. The van der Waals surface area contributed by atoms with Gasteiger partial charge in [0.25, 0.3) is 0 Å². The van der Waals surface area contributed by atoms with Gasteiger partial charge in [-0.25, -0.2) is 0 Å². The van der Waals surface area contributed by atoms with Crippen LogP contribution in [0.1, 0.15) is 35.2 Å². The first kappa shape index (κ1) is 10.5. The summed E-state index contributed by atoms with van der Waals surface area (Å²) >= 11 is 0. The number of benzene rings is 1. The van der Waals surface area contributed by atoms with Gasteiger partial charge in [0.15, 0.2) is 5.78 Å². The molecule has 3 nitrogen and oxygen atoms in total. The van der Waals surface area contributed by atoms with Crippen LogP contribution in [0.15, 0.2) is 18.2 Å². The zero-order valence-corrected chi connectivity index (χ0v) is 9.90. The lowest BCUT2D eigenvalue weighted by molar-refractivity contribution is -0.117. The van der Waals surface area contributed by atoms with Crippen LogP contribution in [0, 0.1) is 5.92 Å². The molecule has 0 aromatic heterocycles. The molecule has 3 heteroatoms. The van der Waals surface area contributed by atoms with Gasteiger partial charge in [-0.15, -0.1) is 0 Å². The third kappa shape index (κ3) is 1.86. The highest BCUT2D eigenvalue weighted by Crippen LogP contribution is 2.34. The SMILES string of the molecule is CN1C(=O)Cc2cc(C(=O)CC3CC3)ccc21. The molecule has 1 aromatic rings. The largest absolute Gasteiger partial charge is 0.315 e. The summed E-state index contributed by atoms with van der Waals surface area (Å²) in [6.45, 7) is 0. The molecule has 1 heterocycles. The molecular formula is C14H15NO2. The molecule has 3 rings (SSSR count). The van der Waals surface area contributed by atoms with Gasteiger partial charge in [0.1, 0.15) is 0 Å². The molecule has 2 aliphatic rings. The topological polar surface area (TPSA) is 37.4 Å². The number of likely N-dealkylation sites (N-methyl/N-ethyl adjacent to an activating group) is 1.